The second-order valence-corrected chi connectivity index (χ2v) is 10.1. The van der Waals surface area contributed by atoms with Crippen molar-refractivity contribution in [3.05, 3.63) is 93.0 Å². The molecular formula is C27H29Cl2N5O. The van der Waals surface area contributed by atoms with Crippen LogP contribution < -0.4 is 10.6 Å². The van der Waals surface area contributed by atoms with E-state index in [1.54, 1.807) is 0 Å². The van der Waals surface area contributed by atoms with E-state index in [4.69, 9.17) is 28.2 Å². The summed E-state index contributed by atoms with van der Waals surface area (Å²) >= 11 is 12.2. The van der Waals surface area contributed by atoms with Crippen LogP contribution >= 0.6 is 23.2 Å². The highest BCUT2D eigenvalue weighted by Crippen LogP contribution is 2.36. The second kappa shape index (κ2) is 11.0. The van der Waals surface area contributed by atoms with E-state index in [1.165, 1.54) is 35.6 Å². The van der Waals surface area contributed by atoms with Gasteiger partial charge in [0, 0.05) is 44.3 Å². The molecule has 1 saturated heterocycles. The fourth-order valence-electron chi connectivity index (χ4n) is 5.20. The highest BCUT2D eigenvalue weighted by molar-refractivity contribution is 6.39. The van der Waals surface area contributed by atoms with Gasteiger partial charge in [0.15, 0.2) is 0 Å². The molecule has 2 unspecified atom stereocenters. The van der Waals surface area contributed by atoms with Gasteiger partial charge in [0.05, 0.1) is 27.3 Å². The van der Waals surface area contributed by atoms with Crippen LogP contribution in [-0.4, -0.2) is 39.9 Å². The number of fused-ring (bicyclic) bond motifs is 1. The van der Waals surface area contributed by atoms with Crippen LogP contribution in [0.1, 0.15) is 58.0 Å². The molecule has 3 heterocycles. The summed E-state index contributed by atoms with van der Waals surface area (Å²) in [5.74, 6) is -0.310. The number of aryl methyl sites for hydroxylation is 1. The van der Waals surface area contributed by atoms with Gasteiger partial charge in [-0.05, 0) is 55.0 Å². The molecule has 2 atom stereocenters. The Hall–Kier alpha value is -2.51. The number of aromatic nitrogens is 2. The van der Waals surface area contributed by atoms with Crippen molar-refractivity contribution in [2.45, 2.75) is 50.9 Å². The topological polar surface area (TPSA) is 70.2 Å². The number of rotatable bonds is 7. The van der Waals surface area contributed by atoms with Crippen LogP contribution in [0, 0.1) is 0 Å². The van der Waals surface area contributed by atoms with E-state index in [0.29, 0.717) is 18.6 Å². The van der Waals surface area contributed by atoms with Crippen molar-refractivity contribution in [1.82, 2.24) is 25.5 Å². The molecule has 2 aromatic heterocycles. The number of nitrogens with one attached hydrogen (secondary N) is 2. The molecule has 2 N–H and O–H groups in total. The van der Waals surface area contributed by atoms with Gasteiger partial charge in [-0.3, -0.25) is 19.7 Å². The van der Waals surface area contributed by atoms with Crippen LogP contribution in [0.2, 0.25) is 10.0 Å². The van der Waals surface area contributed by atoms with Gasteiger partial charge in [-0.1, -0.05) is 53.5 Å². The van der Waals surface area contributed by atoms with E-state index in [2.05, 4.69) is 56.9 Å². The maximum atomic E-state index is 12.6. The number of hydrogen-bond acceptors (Lipinski definition) is 5. The predicted molar refractivity (Wildman–Crippen MR) is 139 cm³/mol. The molecule has 5 rings (SSSR count). The van der Waals surface area contributed by atoms with Gasteiger partial charge in [0.2, 0.25) is 0 Å². The van der Waals surface area contributed by atoms with Crippen LogP contribution in [0.25, 0.3) is 0 Å². The molecule has 35 heavy (non-hydrogen) atoms. The zero-order valence-electron chi connectivity index (χ0n) is 19.5. The van der Waals surface area contributed by atoms with Crippen molar-refractivity contribution < 1.29 is 4.79 Å². The summed E-state index contributed by atoms with van der Waals surface area (Å²) < 4.78 is 0. The lowest BCUT2D eigenvalue weighted by Crippen LogP contribution is -2.41. The van der Waals surface area contributed by atoms with E-state index in [-0.39, 0.29) is 21.5 Å². The van der Waals surface area contributed by atoms with Crippen LogP contribution in [-0.2, 0) is 19.5 Å². The second-order valence-electron chi connectivity index (χ2n) is 9.25. The number of carbonyl (C=O) groups is 1. The molecule has 1 amide bonds. The Morgan fingerprint density at radius 2 is 1.86 bits per heavy atom. The molecule has 0 spiro atoms. The average Bonchev–Trinajstić information content (AvgIpc) is 3.41. The number of amides is 1. The predicted octanol–water partition coefficient (Wildman–Crippen LogP) is 4.95. The number of halogens is 2. The van der Waals surface area contributed by atoms with Gasteiger partial charge in [0.25, 0.3) is 5.91 Å². The Bertz CT molecular complexity index is 1160. The van der Waals surface area contributed by atoms with E-state index >= 15 is 0 Å². The first-order valence-corrected chi connectivity index (χ1v) is 12.9. The van der Waals surface area contributed by atoms with Gasteiger partial charge < -0.3 is 10.6 Å². The molecule has 1 fully saturated rings. The summed E-state index contributed by atoms with van der Waals surface area (Å²) in [6, 6.07) is 13.6. The Morgan fingerprint density at radius 3 is 2.60 bits per heavy atom. The van der Waals surface area contributed by atoms with E-state index < -0.39 is 0 Å². The third-order valence-corrected chi connectivity index (χ3v) is 7.56. The Kier molecular flexibility index (Phi) is 7.63. The first-order chi connectivity index (χ1) is 17.1. The van der Waals surface area contributed by atoms with Crippen molar-refractivity contribution in [3.8, 4) is 0 Å². The zero-order chi connectivity index (χ0) is 24.2. The van der Waals surface area contributed by atoms with Crippen molar-refractivity contribution in [1.29, 1.82) is 0 Å². The molecule has 0 bridgehead atoms. The van der Waals surface area contributed by atoms with Gasteiger partial charge >= 0.3 is 0 Å². The van der Waals surface area contributed by atoms with E-state index in [9.17, 15) is 4.79 Å². The highest BCUT2D eigenvalue weighted by atomic mass is 35.5. The van der Waals surface area contributed by atoms with E-state index in [1.807, 2.05) is 6.20 Å². The van der Waals surface area contributed by atoms with Crippen molar-refractivity contribution in [2.75, 3.05) is 13.1 Å². The first-order valence-electron chi connectivity index (χ1n) is 12.2. The summed E-state index contributed by atoms with van der Waals surface area (Å²) in [6.45, 7) is 3.35. The number of benzene rings is 1. The number of pyridine rings is 2. The van der Waals surface area contributed by atoms with Crippen LogP contribution in [0.5, 0.6) is 0 Å². The summed E-state index contributed by atoms with van der Waals surface area (Å²) in [4.78, 5) is 23.9. The molecule has 8 heteroatoms. The molecular weight excluding hydrogens is 481 g/mol. The quantitative estimate of drug-likeness (QED) is 0.471. The Morgan fingerprint density at radius 1 is 1.09 bits per heavy atom. The molecule has 1 aliphatic heterocycles. The molecule has 1 aromatic carbocycles. The smallest absolute Gasteiger partial charge is 0.254 e. The van der Waals surface area contributed by atoms with Crippen molar-refractivity contribution in [3.63, 3.8) is 0 Å². The number of nitrogens with zero attached hydrogens (tertiary/aromatic N) is 3. The number of hydrogen-bond donors (Lipinski definition) is 2. The normalized spacial score (nSPS) is 19.5. The molecule has 182 valence electrons. The third kappa shape index (κ3) is 5.51. The lowest BCUT2D eigenvalue weighted by Gasteiger charge is -2.38. The minimum Gasteiger partial charge on any atom is -0.348 e. The van der Waals surface area contributed by atoms with Crippen LogP contribution in [0.4, 0.5) is 0 Å². The van der Waals surface area contributed by atoms with Crippen LogP contribution in [0.15, 0.2) is 55.0 Å². The van der Waals surface area contributed by atoms with Crippen LogP contribution in [0.3, 0.4) is 0 Å². The molecule has 1 aliphatic carbocycles. The van der Waals surface area contributed by atoms with Gasteiger partial charge in [-0.2, -0.15) is 0 Å². The van der Waals surface area contributed by atoms with E-state index in [0.717, 1.165) is 44.5 Å². The maximum Gasteiger partial charge on any atom is 0.254 e. The Balaban J connectivity index is 1.28. The summed E-state index contributed by atoms with van der Waals surface area (Å²) in [6.07, 6.45) is 9.38. The molecule has 0 radical (unpaired) electrons. The van der Waals surface area contributed by atoms with Crippen molar-refractivity contribution >= 4 is 29.1 Å². The van der Waals surface area contributed by atoms with Gasteiger partial charge in [-0.25, -0.2) is 0 Å². The molecule has 6 nitrogen and oxygen atoms in total. The first kappa shape index (κ1) is 24.2. The maximum absolute atomic E-state index is 12.6. The van der Waals surface area contributed by atoms with Gasteiger partial charge in [-0.15, -0.1) is 0 Å². The SMILES string of the molecule is O=C(NCc1ccc(CN(C2CCNC2)C2CCCc3cccnc32)cc1)c1c(Cl)cncc1Cl. The minimum absolute atomic E-state index is 0.241. The zero-order valence-corrected chi connectivity index (χ0v) is 21.0. The molecule has 3 aromatic rings. The molecule has 2 aliphatic rings. The highest BCUT2D eigenvalue weighted by Gasteiger charge is 2.33. The summed E-state index contributed by atoms with van der Waals surface area (Å²) in [5.41, 5.74) is 5.16. The largest absolute Gasteiger partial charge is 0.348 e. The summed E-state index contributed by atoms with van der Waals surface area (Å²) in [5, 5.41) is 6.92. The summed E-state index contributed by atoms with van der Waals surface area (Å²) in [7, 11) is 0. The fourth-order valence-corrected chi connectivity index (χ4v) is 5.73. The van der Waals surface area contributed by atoms with Gasteiger partial charge in [0.1, 0.15) is 0 Å². The minimum atomic E-state index is -0.310. The standard InChI is InChI=1S/C27H29Cl2N5O/c28-22-15-31-16-23(29)25(22)27(35)33-13-18-6-8-19(9-7-18)17-34(21-10-12-30-14-21)24-5-1-3-20-4-2-11-32-26(20)24/h2,4,6-9,11,15-16,21,24,30H,1,3,5,10,12-14,17H2,(H,33,35). The monoisotopic (exact) mass is 509 g/mol. The Labute approximate surface area is 216 Å². The third-order valence-electron chi connectivity index (χ3n) is 6.99. The number of carbonyl (C=O) groups excluding carboxylic acids is 1. The fraction of sp³-hybridized carbons (Fsp3) is 0.370. The average molecular weight is 510 g/mol. The lowest BCUT2D eigenvalue weighted by molar-refractivity contribution is 0.0951. The molecule has 0 saturated carbocycles. The van der Waals surface area contributed by atoms with Crippen molar-refractivity contribution in [2.24, 2.45) is 0 Å². The lowest BCUT2D eigenvalue weighted by atomic mass is 9.89.